The molecule has 0 N–H and O–H groups in total. The predicted octanol–water partition coefficient (Wildman–Crippen LogP) is 0.656. The van der Waals surface area contributed by atoms with E-state index in [1.165, 1.54) is 25.2 Å². The molecule has 0 bridgehead atoms. The zero-order valence-electron chi connectivity index (χ0n) is 11.5. The maximum absolute atomic E-state index is 11.7. The number of benzene rings is 1. The lowest BCUT2D eigenvalue weighted by molar-refractivity contribution is 0.0601. The smallest absolute Gasteiger partial charge is 0.340 e. The fourth-order valence-electron chi connectivity index (χ4n) is 1.60. The highest BCUT2D eigenvalue weighted by molar-refractivity contribution is 7.92. The number of carbonyl (C=O) groups excluding carboxylic acids is 2. The summed E-state index contributed by atoms with van der Waals surface area (Å²) in [5.41, 5.74) is -0.152. The third-order valence-corrected chi connectivity index (χ3v) is 3.84. The lowest BCUT2D eigenvalue weighted by Crippen LogP contribution is -2.29. The minimum Gasteiger partial charge on any atom is -0.465 e. The van der Waals surface area contributed by atoms with Crippen molar-refractivity contribution >= 4 is 27.6 Å². The second-order valence-electron chi connectivity index (χ2n) is 3.92. The SMILES string of the molecule is COC(=O)c1cccc(C(=O)OC)c1N(C)S(C)(=O)=O. The van der Waals surface area contributed by atoms with Crippen LogP contribution >= 0.6 is 0 Å². The van der Waals surface area contributed by atoms with E-state index < -0.39 is 22.0 Å². The van der Waals surface area contributed by atoms with Gasteiger partial charge in [0, 0.05) is 7.05 Å². The molecule has 0 radical (unpaired) electrons. The molecular weight excluding hydrogens is 286 g/mol. The van der Waals surface area contributed by atoms with E-state index in [4.69, 9.17) is 0 Å². The van der Waals surface area contributed by atoms with E-state index in [0.29, 0.717) is 0 Å². The van der Waals surface area contributed by atoms with Crippen molar-refractivity contribution in [1.29, 1.82) is 0 Å². The van der Waals surface area contributed by atoms with Gasteiger partial charge in [-0.05, 0) is 12.1 Å². The van der Waals surface area contributed by atoms with Crippen LogP contribution in [-0.2, 0) is 19.5 Å². The second-order valence-corrected chi connectivity index (χ2v) is 5.93. The van der Waals surface area contributed by atoms with Gasteiger partial charge in [0.15, 0.2) is 0 Å². The van der Waals surface area contributed by atoms with Crippen molar-refractivity contribution in [2.45, 2.75) is 0 Å². The summed E-state index contributed by atoms with van der Waals surface area (Å²) < 4.78 is 33.4. The van der Waals surface area contributed by atoms with Crippen LogP contribution in [0.2, 0.25) is 0 Å². The van der Waals surface area contributed by atoms with Gasteiger partial charge in [-0.25, -0.2) is 18.0 Å². The topological polar surface area (TPSA) is 90.0 Å². The van der Waals surface area contributed by atoms with E-state index in [0.717, 1.165) is 24.8 Å². The molecule has 0 amide bonds. The molecule has 110 valence electrons. The minimum absolute atomic E-state index is 0.0386. The van der Waals surface area contributed by atoms with Gasteiger partial charge in [-0.3, -0.25) is 4.31 Å². The summed E-state index contributed by atoms with van der Waals surface area (Å²) in [4.78, 5) is 23.5. The molecule has 1 rings (SSSR count). The van der Waals surface area contributed by atoms with Crippen molar-refractivity contribution in [1.82, 2.24) is 0 Å². The molecular formula is C12H15NO6S. The summed E-state index contributed by atoms with van der Waals surface area (Å²) >= 11 is 0. The van der Waals surface area contributed by atoms with Gasteiger partial charge in [-0.15, -0.1) is 0 Å². The Kier molecular flexibility index (Phi) is 4.72. The Bertz CT molecular complexity index is 603. The number of sulfonamides is 1. The van der Waals surface area contributed by atoms with Gasteiger partial charge in [0.05, 0.1) is 37.3 Å². The molecule has 20 heavy (non-hydrogen) atoms. The van der Waals surface area contributed by atoms with Crippen molar-refractivity contribution in [2.24, 2.45) is 0 Å². The Labute approximate surface area is 117 Å². The maximum Gasteiger partial charge on any atom is 0.340 e. The second kappa shape index (κ2) is 5.91. The Hall–Kier alpha value is -2.09. The first-order valence-electron chi connectivity index (χ1n) is 5.47. The van der Waals surface area contributed by atoms with E-state index in [9.17, 15) is 18.0 Å². The number of carbonyl (C=O) groups is 2. The largest absolute Gasteiger partial charge is 0.465 e. The van der Waals surface area contributed by atoms with Crippen LogP contribution in [0.5, 0.6) is 0 Å². The molecule has 0 unspecified atom stereocenters. The maximum atomic E-state index is 11.7. The molecule has 1 aromatic carbocycles. The van der Waals surface area contributed by atoms with E-state index in [-0.39, 0.29) is 16.8 Å². The van der Waals surface area contributed by atoms with Gasteiger partial charge < -0.3 is 9.47 Å². The lowest BCUT2D eigenvalue weighted by atomic mass is 10.1. The number of anilines is 1. The molecule has 0 aromatic heterocycles. The third kappa shape index (κ3) is 3.08. The van der Waals surface area contributed by atoms with Crippen LogP contribution in [-0.4, -0.2) is 47.9 Å². The molecule has 0 aliphatic carbocycles. The lowest BCUT2D eigenvalue weighted by Gasteiger charge is -2.21. The summed E-state index contributed by atoms with van der Waals surface area (Å²) in [7, 11) is -0.0988. The first-order chi connectivity index (χ1) is 9.23. The number of hydrogen-bond donors (Lipinski definition) is 0. The number of nitrogens with zero attached hydrogens (tertiary/aromatic N) is 1. The molecule has 1 aromatic rings. The van der Waals surface area contributed by atoms with Crippen LogP contribution in [0.1, 0.15) is 20.7 Å². The molecule has 0 spiro atoms. The van der Waals surface area contributed by atoms with Crippen LogP contribution in [0.15, 0.2) is 18.2 Å². The zero-order chi connectivity index (χ0) is 15.5. The number of methoxy groups -OCH3 is 2. The number of hydrogen-bond acceptors (Lipinski definition) is 6. The molecule has 0 saturated heterocycles. The molecule has 0 saturated carbocycles. The van der Waals surface area contributed by atoms with Gasteiger partial charge in [-0.2, -0.15) is 0 Å². The highest BCUT2D eigenvalue weighted by Gasteiger charge is 2.26. The van der Waals surface area contributed by atoms with Crippen molar-refractivity contribution in [3.05, 3.63) is 29.3 Å². The van der Waals surface area contributed by atoms with Gasteiger partial charge in [0.2, 0.25) is 10.0 Å². The normalized spacial score (nSPS) is 10.8. The third-order valence-electron chi connectivity index (χ3n) is 2.66. The van der Waals surface area contributed by atoms with Crippen LogP contribution in [0, 0.1) is 0 Å². The van der Waals surface area contributed by atoms with Crippen LogP contribution < -0.4 is 4.31 Å². The summed E-state index contributed by atoms with van der Waals surface area (Å²) in [6, 6.07) is 4.18. The van der Waals surface area contributed by atoms with Gasteiger partial charge in [-0.1, -0.05) is 6.07 Å². The summed E-state index contributed by atoms with van der Waals surface area (Å²) in [5, 5.41) is 0. The van der Waals surface area contributed by atoms with Crippen molar-refractivity contribution < 1.29 is 27.5 Å². The molecule has 0 atom stereocenters. The van der Waals surface area contributed by atoms with Crippen LogP contribution in [0.25, 0.3) is 0 Å². The average molecular weight is 301 g/mol. The summed E-state index contributed by atoms with van der Waals surface area (Å²) in [6.45, 7) is 0. The van der Waals surface area contributed by atoms with Crippen molar-refractivity contribution in [2.75, 3.05) is 31.8 Å². The summed E-state index contributed by atoms with van der Waals surface area (Å²) in [6.07, 6.45) is 0.960. The highest BCUT2D eigenvalue weighted by Crippen LogP contribution is 2.28. The monoisotopic (exact) mass is 301 g/mol. The van der Waals surface area contributed by atoms with E-state index in [1.807, 2.05) is 0 Å². The fraction of sp³-hybridized carbons (Fsp3) is 0.333. The molecule has 0 heterocycles. The Morgan fingerprint density at radius 2 is 1.45 bits per heavy atom. The number of para-hydroxylation sites is 1. The minimum atomic E-state index is -3.67. The highest BCUT2D eigenvalue weighted by atomic mass is 32.2. The predicted molar refractivity (Wildman–Crippen MR) is 72.4 cm³/mol. The van der Waals surface area contributed by atoms with Gasteiger partial charge in [0.25, 0.3) is 0 Å². The van der Waals surface area contributed by atoms with E-state index in [1.54, 1.807) is 0 Å². The number of rotatable bonds is 4. The zero-order valence-corrected chi connectivity index (χ0v) is 12.4. The molecule has 0 fully saturated rings. The van der Waals surface area contributed by atoms with Crippen LogP contribution in [0.4, 0.5) is 5.69 Å². The molecule has 8 heteroatoms. The first kappa shape index (κ1) is 16.0. The first-order valence-corrected chi connectivity index (χ1v) is 7.32. The molecule has 0 aliphatic rings. The Morgan fingerprint density at radius 3 is 1.75 bits per heavy atom. The Morgan fingerprint density at radius 1 is 1.05 bits per heavy atom. The van der Waals surface area contributed by atoms with E-state index >= 15 is 0 Å². The Balaban J connectivity index is 3.64. The fourth-order valence-corrected chi connectivity index (χ4v) is 2.13. The van der Waals surface area contributed by atoms with Crippen molar-refractivity contribution in [3.8, 4) is 0 Å². The summed E-state index contributed by atoms with van der Waals surface area (Å²) in [5.74, 6) is -1.50. The standard InChI is InChI=1S/C12H15NO6S/c1-13(20(4,16)17)10-8(11(14)18-2)6-5-7-9(10)12(15)19-3/h5-7H,1-4H3. The van der Waals surface area contributed by atoms with E-state index in [2.05, 4.69) is 9.47 Å². The van der Waals surface area contributed by atoms with Gasteiger partial charge in [0.1, 0.15) is 0 Å². The average Bonchev–Trinajstić information content (AvgIpc) is 2.42. The van der Waals surface area contributed by atoms with Crippen LogP contribution in [0.3, 0.4) is 0 Å². The number of esters is 2. The number of ether oxygens (including phenoxy) is 2. The van der Waals surface area contributed by atoms with Crippen molar-refractivity contribution in [3.63, 3.8) is 0 Å². The van der Waals surface area contributed by atoms with Gasteiger partial charge >= 0.3 is 11.9 Å². The molecule has 0 aliphatic heterocycles. The quantitative estimate of drug-likeness (QED) is 0.759. The molecule has 7 nitrogen and oxygen atoms in total.